The molecule has 1 unspecified atom stereocenters. The van der Waals surface area contributed by atoms with Crippen LogP contribution in [0.25, 0.3) is 0 Å². The highest BCUT2D eigenvalue weighted by Gasteiger charge is 2.32. The number of hydrogen-bond donors (Lipinski definition) is 6. The van der Waals surface area contributed by atoms with Crippen LogP contribution in [0.4, 0.5) is 23.7 Å². The summed E-state index contributed by atoms with van der Waals surface area (Å²) in [6.45, 7) is 7.28. The van der Waals surface area contributed by atoms with Crippen molar-refractivity contribution in [3.8, 4) is 0 Å². The number of aliphatic hydroxyl groups is 1. The molecule has 4 amide bonds. The fourth-order valence-corrected chi connectivity index (χ4v) is 4.84. The predicted molar refractivity (Wildman–Crippen MR) is 163 cm³/mol. The molecule has 1 saturated heterocycles. The van der Waals surface area contributed by atoms with E-state index in [1.54, 1.807) is 0 Å². The molecule has 0 aliphatic carbocycles. The van der Waals surface area contributed by atoms with E-state index >= 15 is 0 Å². The summed E-state index contributed by atoms with van der Waals surface area (Å²) in [6, 6.07) is 8.34. The number of hydrogen-bond acceptors (Lipinski definition) is 6. The van der Waals surface area contributed by atoms with Crippen LogP contribution in [0, 0.1) is 13.8 Å². The number of aliphatic hydroxyl groups excluding tert-OH is 1. The molecule has 6 N–H and O–H groups in total. The van der Waals surface area contributed by atoms with Gasteiger partial charge in [-0.15, -0.1) is 0 Å². The zero-order valence-electron chi connectivity index (χ0n) is 25.3. The standard InChI is InChI=1S/C31H43F3N6O4/c1-21-6-7-23(22(2)17-21)10-12-35-11-4-3-5-25(41)19-37-28(42)20-38-29(43)26-18-24(31(32,33)34)8-9-27(26)39-30(44)40-15-13-36-14-16-40/h6-9,17-18,25,35-36,41H,3-5,10-16,19-20H2,1-2H3,(H,37,42)(H,38,43)(H,39,44). The number of alkyl halides is 3. The summed E-state index contributed by atoms with van der Waals surface area (Å²) in [5.74, 6) is -1.56. The summed E-state index contributed by atoms with van der Waals surface area (Å²) in [7, 11) is 0. The molecule has 1 atom stereocenters. The number of carbonyl (C=O) groups excluding carboxylic acids is 3. The molecular formula is C31H43F3N6O4. The third kappa shape index (κ3) is 11.4. The summed E-state index contributed by atoms with van der Waals surface area (Å²) >= 11 is 0. The first kappa shape index (κ1) is 34.8. The van der Waals surface area contributed by atoms with Crippen molar-refractivity contribution in [2.75, 3.05) is 57.7 Å². The van der Waals surface area contributed by atoms with Gasteiger partial charge in [0.25, 0.3) is 5.91 Å². The Morgan fingerprint density at radius 2 is 1.75 bits per heavy atom. The van der Waals surface area contributed by atoms with Crippen molar-refractivity contribution in [2.45, 2.75) is 51.8 Å². The monoisotopic (exact) mass is 620 g/mol. The van der Waals surface area contributed by atoms with Crippen LogP contribution in [0.3, 0.4) is 0 Å². The fraction of sp³-hybridized carbons (Fsp3) is 0.516. The maximum Gasteiger partial charge on any atom is 0.416 e. The van der Waals surface area contributed by atoms with Crippen LogP contribution in [-0.4, -0.2) is 86.3 Å². The van der Waals surface area contributed by atoms with E-state index in [0.717, 1.165) is 44.5 Å². The number of halogens is 3. The number of nitrogens with zero attached hydrogens (tertiary/aromatic N) is 1. The molecule has 0 saturated carbocycles. The largest absolute Gasteiger partial charge is 0.416 e. The van der Waals surface area contributed by atoms with E-state index in [0.29, 0.717) is 38.7 Å². The van der Waals surface area contributed by atoms with Crippen LogP contribution in [-0.2, 0) is 17.4 Å². The van der Waals surface area contributed by atoms with Gasteiger partial charge in [0.2, 0.25) is 5.91 Å². The minimum absolute atomic E-state index is 0.0234. The van der Waals surface area contributed by atoms with Gasteiger partial charge >= 0.3 is 12.2 Å². The molecule has 2 aromatic rings. The molecule has 1 fully saturated rings. The van der Waals surface area contributed by atoms with E-state index < -0.39 is 47.8 Å². The van der Waals surface area contributed by atoms with E-state index in [4.69, 9.17) is 0 Å². The van der Waals surface area contributed by atoms with Crippen molar-refractivity contribution in [3.63, 3.8) is 0 Å². The van der Waals surface area contributed by atoms with Crippen molar-refractivity contribution >= 4 is 23.5 Å². The second kappa shape index (κ2) is 17.0. The van der Waals surface area contributed by atoms with Gasteiger partial charge in [-0.1, -0.05) is 23.8 Å². The van der Waals surface area contributed by atoms with E-state index in [1.165, 1.54) is 21.6 Å². The number of aryl methyl sites for hydroxylation is 2. The number of piperazine rings is 1. The number of anilines is 1. The number of benzene rings is 2. The number of carbonyl (C=O) groups is 3. The molecule has 13 heteroatoms. The predicted octanol–water partition coefficient (Wildman–Crippen LogP) is 2.97. The zero-order valence-corrected chi connectivity index (χ0v) is 25.3. The van der Waals surface area contributed by atoms with Gasteiger partial charge in [-0.3, -0.25) is 9.59 Å². The Kier molecular flexibility index (Phi) is 13.4. The average molecular weight is 621 g/mol. The third-order valence-electron chi connectivity index (χ3n) is 7.39. The van der Waals surface area contributed by atoms with Crippen LogP contribution in [0.5, 0.6) is 0 Å². The van der Waals surface area contributed by atoms with Gasteiger partial charge in [-0.2, -0.15) is 13.2 Å². The zero-order chi connectivity index (χ0) is 32.1. The molecule has 242 valence electrons. The number of urea groups is 1. The van der Waals surface area contributed by atoms with Crippen LogP contribution in [0.2, 0.25) is 0 Å². The molecule has 0 radical (unpaired) electrons. The van der Waals surface area contributed by atoms with Crippen LogP contribution in [0.15, 0.2) is 36.4 Å². The van der Waals surface area contributed by atoms with Crippen molar-refractivity contribution in [3.05, 3.63) is 64.2 Å². The maximum atomic E-state index is 13.3. The first-order valence-electron chi connectivity index (χ1n) is 14.9. The van der Waals surface area contributed by atoms with E-state index in [-0.39, 0.29) is 12.2 Å². The van der Waals surface area contributed by atoms with Crippen molar-refractivity contribution in [1.82, 2.24) is 26.2 Å². The summed E-state index contributed by atoms with van der Waals surface area (Å²) in [5.41, 5.74) is 2.27. The molecule has 3 rings (SSSR count). The number of rotatable bonds is 14. The molecule has 2 aromatic carbocycles. The first-order valence-corrected chi connectivity index (χ1v) is 14.9. The average Bonchev–Trinajstić information content (AvgIpc) is 2.99. The number of unbranched alkanes of at least 4 members (excludes halogenated alkanes) is 1. The molecule has 1 aliphatic heterocycles. The van der Waals surface area contributed by atoms with E-state index in [9.17, 15) is 32.7 Å². The van der Waals surface area contributed by atoms with Gasteiger partial charge in [-0.25, -0.2) is 4.79 Å². The lowest BCUT2D eigenvalue weighted by Crippen LogP contribution is -2.48. The Morgan fingerprint density at radius 3 is 2.45 bits per heavy atom. The SMILES string of the molecule is Cc1ccc(CCNCCCCC(O)CNC(=O)CNC(=O)c2cc(C(F)(F)F)ccc2NC(=O)N2CCNCC2)c(C)c1. The van der Waals surface area contributed by atoms with Gasteiger partial charge in [-0.05, 0) is 81.9 Å². The van der Waals surface area contributed by atoms with Gasteiger partial charge in [0, 0.05) is 32.7 Å². The van der Waals surface area contributed by atoms with Gasteiger partial charge < -0.3 is 36.6 Å². The van der Waals surface area contributed by atoms with Gasteiger partial charge in [0.05, 0.1) is 29.5 Å². The summed E-state index contributed by atoms with van der Waals surface area (Å²) in [6.07, 6.45) is -2.45. The topological polar surface area (TPSA) is 135 Å². The third-order valence-corrected chi connectivity index (χ3v) is 7.39. The van der Waals surface area contributed by atoms with Gasteiger partial charge in [0.15, 0.2) is 0 Å². The Bertz CT molecular complexity index is 1270. The minimum atomic E-state index is -4.71. The van der Waals surface area contributed by atoms with Crippen molar-refractivity contribution < 1.29 is 32.7 Å². The Balaban J connectivity index is 1.38. The summed E-state index contributed by atoms with van der Waals surface area (Å²) < 4.78 is 40.0. The number of amides is 4. The molecule has 44 heavy (non-hydrogen) atoms. The molecular weight excluding hydrogens is 577 g/mol. The second-order valence-corrected chi connectivity index (χ2v) is 11.0. The maximum absolute atomic E-state index is 13.3. The van der Waals surface area contributed by atoms with E-state index in [2.05, 4.69) is 58.6 Å². The highest BCUT2D eigenvalue weighted by atomic mass is 19.4. The lowest BCUT2D eigenvalue weighted by atomic mass is 10.0. The second-order valence-electron chi connectivity index (χ2n) is 11.0. The van der Waals surface area contributed by atoms with Crippen molar-refractivity contribution in [2.24, 2.45) is 0 Å². The summed E-state index contributed by atoms with van der Waals surface area (Å²) in [5, 5.41) is 24.0. The Hall–Kier alpha value is -3.68. The van der Waals surface area contributed by atoms with Crippen LogP contribution in [0.1, 0.15) is 51.9 Å². The van der Waals surface area contributed by atoms with Crippen LogP contribution >= 0.6 is 0 Å². The molecule has 0 spiro atoms. The molecule has 0 aromatic heterocycles. The number of nitrogens with one attached hydrogen (secondary N) is 5. The lowest BCUT2D eigenvalue weighted by Gasteiger charge is -2.28. The highest BCUT2D eigenvalue weighted by Crippen LogP contribution is 2.32. The highest BCUT2D eigenvalue weighted by molar-refractivity contribution is 6.04. The minimum Gasteiger partial charge on any atom is -0.391 e. The van der Waals surface area contributed by atoms with Crippen LogP contribution < -0.4 is 26.6 Å². The first-order chi connectivity index (χ1) is 20.9. The Morgan fingerprint density at radius 1 is 1.00 bits per heavy atom. The molecule has 1 heterocycles. The Labute approximate surface area is 256 Å². The smallest absolute Gasteiger partial charge is 0.391 e. The van der Waals surface area contributed by atoms with Gasteiger partial charge in [0.1, 0.15) is 0 Å². The lowest BCUT2D eigenvalue weighted by molar-refractivity contribution is -0.137. The fourth-order valence-electron chi connectivity index (χ4n) is 4.84. The quantitative estimate of drug-likeness (QED) is 0.180. The molecule has 1 aliphatic rings. The molecule has 10 nitrogen and oxygen atoms in total. The normalized spacial score (nSPS) is 14.2. The van der Waals surface area contributed by atoms with E-state index in [1.807, 2.05) is 0 Å². The van der Waals surface area contributed by atoms with Crippen molar-refractivity contribution in [1.29, 1.82) is 0 Å². The molecule has 0 bridgehead atoms. The summed E-state index contributed by atoms with van der Waals surface area (Å²) in [4.78, 5) is 39.2.